The Bertz CT molecular complexity index is 1130. The van der Waals surface area contributed by atoms with Gasteiger partial charge in [-0.15, -0.1) is 22.7 Å². The van der Waals surface area contributed by atoms with E-state index in [2.05, 4.69) is 15.9 Å². The zero-order valence-electron chi connectivity index (χ0n) is 15.8. The van der Waals surface area contributed by atoms with Crippen LogP contribution in [0.15, 0.2) is 57.2 Å². The fourth-order valence-corrected chi connectivity index (χ4v) is 5.49. The van der Waals surface area contributed by atoms with Crippen LogP contribution in [-0.2, 0) is 16.1 Å². The van der Waals surface area contributed by atoms with Gasteiger partial charge in [-0.25, -0.2) is 0 Å². The van der Waals surface area contributed by atoms with Crippen LogP contribution >= 0.6 is 38.6 Å². The lowest BCUT2D eigenvalue weighted by molar-refractivity contribution is -0.140. The summed E-state index contributed by atoms with van der Waals surface area (Å²) in [5, 5.41) is 15.0. The maximum Gasteiger partial charge on any atom is 0.296 e. The minimum atomic E-state index is -0.641. The molecule has 0 bridgehead atoms. The predicted molar refractivity (Wildman–Crippen MR) is 120 cm³/mol. The molecule has 1 atom stereocenters. The second-order valence-electron chi connectivity index (χ2n) is 6.94. The molecular formula is C22H18BrNO3S2. The number of carbonyl (C=O) groups is 2. The van der Waals surface area contributed by atoms with E-state index in [1.54, 1.807) is 22.3 Å². The molecule has 0 radical (unpaired) electrons. The maximum absolute atomic E-state index is 13.0. The van der Waals surface area contributed by atoms with Gasteiger partial charge >= 0.3 is 0 Å². The summed E-state index contributed by atoms with van der Waals surface area (Å²) >= 11 is 6.49. The second-order valence-corrected chi connectivity index (χ2v) is 9.77. The van der Waals surface area contributed by atoms with E-state index in [0.29, 0.717) is 12.1 Å². The monoisotopic (exact) mass is 487 g/mol. The number of benzene rings is 1. The molecular weight excluding hydrogens is 470 g/mol. The van der Waals surface area contributed by atoms with Gasteiger partial charge in [0.1, 0.15) is 11.8 Å². The Morgan fingerprint density at radius 1 is 1.10 bits per heavy atom. The van der Waals surface area contributed by atoms with Crippen LogP contribution in [0.4, 0.5) is 0 Å². The third-order valence-electron chi connectivity index (χ3n) is 5.03. The van der Waals surface area contributed by atoms with Gasteiger partial charge in [0.25, 0.3) is 11.7 Å². The summed E-state index contributed by atoms with van der Waals surface area (Å²) in [6, 6.07) is 10.6. The second kappa shape index (κ2) is 7.89. The van der Waals surface area contributed by atoms with Crippen LogP contribution in [0, 0.1) is 13.8 Å². The summed E-state index contributed by atoms with van der Waals surface area (Å²) < 4.78 is 0.915. The van der Waals surface area contributed by atoms with Crippen LogP contribution in [0.5, 0.6) is 0 Å². The first-order valence-corrected chi connectivity index (χ1v) is 11.5. The lowest BCUT2D eigenvalue weighted by Crippen LogP contribution is -2.28. The van der Waals surface area contributed by atoms with Crippen LogP contribution < -0.4 is 0 Å². The molecule has 2 aromatic heterocycles. The number of carbonyl (C=O) groups excluding carboxylic acids is 2. The number of rotatable bonds is 4. The molecule has 3 aromatic rings. The molecule has 0 saturated carbocycles. The number of aryl methyl sites for hydroxylation is 2. The van der Waals surface area contributed by atoms with Crippen LogP contribution in [0.2, 0.25) is 0 Å². The van der Waals surface area contributed by atoms with Crippen molar-refractivity contribution in [2.75, 3.05) is 0 Å². The Kier molecular flexibility index (Phi) is 5.46. The Morgan fingerprint density at radius 3 is 2.52 bits per heavy atom. The highest BCUT2D eigenvalue weighted by Crippen LogP contribution is 2.43. The zero-order valence-corrected chi connectivity index (χ0v) is 19.0. The van der Waals surface area contributed by atoms with Gasteiger partial charge in [0.05, 0.1) is 12.1 Å². The lowest BCUT2D eigenvalue weighted by Gasteiger charge is -2.24. The van der Waals surface area contributed by atoms with E-state index < -0.39 is 17.7 Å². The van der Waals surface area contributed by atoms with Crippen LogP contribution in [0.3, 0.4) is 0 Å². The summed E-state index contributed by atoms with van der Waals surface area (Å²) in [6.07, 6.45) is 0. The summed E-state index contributed by atoms with van der Waals surface area (Å²) in [5.41, 5.74) is 2.61. The number of thiophene rings is 2. The van der Waals surface area contributed by atoms with Gasteiger partial charge in [-0.05, 0) is 60.0 Å². The number of Topliss-reactive ketones (excluding diaryl/α,β-unsaturated/α-hetero) is 1. The van der Waals surface area contributed by atoms with E-state index in [-0.39, 0.29) is 11.3 Å². The van der Waals surface area contributed by atoms with Gasteiger partial charge in [-0.1, -0.05) is 28.1 Å². The number of likely N-dealkylation sites (tertiary alicyclic amines) is 1. The molecule has 0 aliphatic carbocycles. The molecule has 4 nitrogen and oxygen atoms in total. The molecule has 1 saturated heterocycles. The Hall–Kier alpha value is -2.22. The number of amides is 1. The predicted octanol–water partition coefficient (Wildman–Crippen LogP) is 5.81. The van der Waals surface area contributed by atoms with Gasteiger partial charge in [0.15, 0.2) is 0 Å². The minimum Gasteiger partial charge on any atom is -0.507 e. The van der Waals surface area contributed by atoms with Crippen molar-refractivity contribution in [3.63, 3.8) is 0 Å². The normalized spacial score (nSPS) is 18.6. The molecule has 0 spiro atoms. The molecule has 1 aliphatic heterocycles. The number of hydrogen-bond acceptors (Lipinski definition) is 5. The highest BCUT2D eigenvalue weighted by Gasteiger charge is 2.47. The van der Waals surface area contributed by atoms with Crippen molar-refractivity contribution >= 4 is 56.1 Å². The van der Waals surface area contributed by atoms with E-state index in [1.807, 2.05) is 54.9 Å². The largest absolute Gasteiger partial charge is 0.507 e. The number of aliphatic hydroxyl groups excluding tert-OH is 1. The Morgan fingerprint density at radius 2 is 1.90 bits per heavy atom. The van der Waals surface area contributed by atoms with Gasteiger partial charge in [0.2, 0.25) is 0 Å². The first-order chi connectivity index (χ1) is 13.9. The summed E-state index contributed by atoms with van der Waals surface area (Å²) in [7, 11) is 0. The highest BCUT2D eigenvalue weighted by atomic mass is 79.9. The molecule has 4 rings (SSSR count). The Balaban J connectivity index is 1.88. The molecule has 148 valence electrons. The van der Waals surface area contributed by atoms with Crippen LogP contribution in [0.1, 0.15) is 32.5 Å². The van der Waals surface area contributed by atoms with E-state index in [4.69, 9.17) is 0 Å². The third kappa shape index (κ3) is 3.58. The highest BCUT2D eigenvalue weighted by molar-refractivity contribution is 9.10. The SMILES string of the molecule is Cc1cc(/C(O)=C2/C(=O)C(=O)N(Cc3cccs3)C2c2sccc2C)ccc1Br. The standard InChI is InChI=1S/C22H18BrNO3S2/c1-12-7-9-29-21(12)18-17(19(25)14-5-6-16(23)13(2)10-14)20(26)22(27)24(18)11-15-4-3-8-28-15/h3-10,18,25H,11H2,1-2H3/b19-17-. The molecule has 1 fully saturated rings. The summed E-state index contributed by atoms with van der Waals surface area (Å²) in [5.74, 6) is -1.35. The van der Waals surface area contributed by atoms with Gasteiger partial charge in [-0.2, -0.15) is 0 Å². The number of aliphatic hydroxyl groups is 1. The Labute approximate surface area is 185 Å². The quantitative estimate of drug-likeness (QED) is 0.287. The van der Waals surface area contributed by atoms with Crippen LogP contribution in [0.25, 0.3) is 5.76 Å². The average Bonchev–Trinajstić information content (AvgIpc) is 3.41. The van der Waals surface area contributed by atoms with Gasteiger partial charge in [0, 0.05) is 19.8 Å². The van der Waals surface area contributed by atoms with E-state index in [0.717, 1.165) is 25.4 Å². The van der Waals surface area contributed by atoms with E-state index in [1.165, 1.54) is 11.3 Å². The molecule has 7 heteroatoms. The van der Waals surface area contributed by atoms with Crippen molar-refractivity contribution in [3.8, 4) is 0 Å². The average molecular weight is 488 g/mol. The minimum absolute atomic E-state index is 0.134. The molecule has 29 heavy (non-hydrogen) atoms. The van der Waals surface area contributed by atoms with Crippen molar-refractivity contribution in [1.82, 2.24) is 4.90 Å². The number of ketones is 1. The van der Waals surface area contributed by atoms with Crippen molar-refractivity contribution < 1.29 is 14.7 Å². The number of hydrogen-bond donors (Lipinski definition) is 1. The van der Waals surface area contributed by atoms with Crippen LogP contribution in [-0.4, -0.2) is 21.7 Å². The van der Waals surface area contributed by atoms with Crippen molar-refractivity contribution in [2.24, 2.45) is 0 Å². The number of nitrogens with zero attached hydrogens (tertiary/aromatic N) is 1. The zero-order chi connectivity index (χ0) is 20.7. The summed E-state index contributed by atoms with van der Waals surface area (Å²) in [6.45, 7) is 4.21. The smallest absolute Gasteiger partial charge is 0.296 e. The van der Waals surface area contributed by atoms with Crippen molar-refractivity contribution in [2.45, 2.75) is 26.4 Å². The summed E-state index contributed by atoms with van der Waals surface area (Å²) in [4.78, 5) is 29.4. The molecule has 3 heterocycles. The lowest BCUT2D eigenvalue weighted by atomic mass is 9.97. The van der Waals surface area contributed by atoms with Crippen molar-refractivity contribution in [3.05, 3.63) is 83.6 Å². The molecule has 1 amide bonds. The van der Waals surface area contributed by atoms with Gasteiger partial charge in [-0.3, -0.25) is 9.59 Å². The first kappa shape index (κ1) is 20.1. The molecule has 1 N–H and O–H groups in total. The first-order valence-electron chi connectivity index (χ1n) is 8.99. The number of halogens is 1. The fraction of sp³-hybridized carbons (Fsp3) is 0.182. The van der Waals surface area contributed by atoms with E-state index >= 15 is 0 Å². The molecule has 1 aromatic carbocycles. The topological polar surface area (TPSA) is 57.6 Å². The van der Waals surface area contributed by atoms with E-state index in [9.17, 15) is 14.7 Å². The third-order valence-corrected chi connectivity index (χ3v) is 7.85. The molecule has 1 unspecified atom stereocenters. The maximum atomic E-state index is 13.0. The fourth-order valence-electron chi connectivity index (χ4n) is 3.50. The molecule has 1 aliphatic rings. The van der Waals surface area contributed by atoms with Gasteiger partial charge < -0.3 is 10.0 Å². The van der Waals surface area contributed by atoms with Crippen molar-refractivity contribution in [1.29, 1.82) is 0 Å².